The SMILES string of the molecule is Cn1c(N)c(C(=O)COC(=O)CSc2cnc3ccccc3n2)c(=O)n(C)c1=O. The van der Waals surface area contributed by atoms with E-state index in [0.29, 0.717) is 10.5 Å². The molecule has 0 spiro atoms. The van der Waals surface area contributed by atoms with Gasteiger partial charge in [0.25, 0.3) is 5.56 Å². The highest BCUT2D eigenvalue weighted by Gasteiger charge is 2.21. The number of carbonyl (C=O) groups excluding carboxylic acids is 2. The minimum atomic E-state index is -0.840. The highest BCUT2D eigenvalue weighted by molar-refractivity contribution is 7.99. The predicted octanol–water partition coefficient (Wildman–Crippen LogP) is 0.128. The first-order valence-corrected chi connectivity index (χ1v) is 9.37. The molecule has 3 aromatic rings. The van der Waals surface area contributed by atoms with E-state index in [9.17, 15) is 19.2 Å². The Morgan fingerprint density at radius 3 is 2.55 bits per heavy atom. The molecular weight excluding hydrogens is 398 g/mol. The first-order chi connectivity index (χ1) is 13.8. The molecule has 0 aliphatic carbocycles. The number of para-hydroxylation sites is 2. The molecule has 0 amide bonds. The molecule has 29 heavy (non-hydrogen) atoms. The molecule has 3 rings (SSSR count). The second-order valence-electron chi connectivity index (χ2n) is 6.04. The van der Waals surface area contributed by atoms with Gasteiger partial charge in [0.1, 0.15) is 16.4 Å². The summed E-state index contributed by atoms with van der Waals surface area (Å²) in [5.41, 5.74) is 5.25. The quantitative estimate of drug-likeness (QED) is 0.338. The number of benzene rings is 1. The molecule has 0 saturated heterocycles. The number of hydrogen-bond donors (Lipinski definition) is 1. The number of carbonyl (C=O) groups is 2. The maximum atomic E-state index is 12.3. The lowest BCUT2D eigenvalue weighted by Crippen LogP contribution is -2.42. The lowest BCUT2D eigenvalue weighted by atomic mass is 10.2. The number of nitrogens with two attached hydrogens (primary N) is 1. The van der Waals surface area contributed by atoms with Gasteiger partial charge in [0, 0.05) is 14.1 Å². The standard InChI is InChI=1S/C18H17N5O5S/c1-22-16(19)15(17(26)23(2)18(22)27)12(24)8-28-14(25)9-29-13-7-20-10-5-3-4-6-11(10)21-13/h3-7H,8-9,19H2,1-2H3. The van der Waals surface area contributed by atoms with Crippen molar-refractivity contribution in [2.45, 2.75) is 5.03 Å². The van der Waals surface area contributed by atoms with Gasteiger partial charge in [0.2, 0.25) is 5.78 Å². The number of anilines is 1. The number of ketones is 1. The summed E-state index contributed by atoms with van der Waals surface area (Å²) in [6, 6.07) is 7.32. The fraction of sp³-hybridized carbons (Fsp3) is 0.222. The third kappa shape index (κ3) is 4.19. The van der Waals surface area contributed by atoms with Gasteiger partial charge in [0.05, 0.1) is 23.0 Å². The van der Waals surface area contributed by atoms with Crippen molar-refractivity contribution in [2.24, 2.45) is 14.1 Å². The lowest BCUT2D eigenvalue weighted by Gasteiger charge is -2.11. The van der Waals surface area contributed by atoms with Crippen molar-refractivity contribution in [3.05, 3.63) is 56.9 Å². The Bertz CT molecular complexity index is 1230. The molecule has 0 aliphatic heterocycles. The van der Waals surface area contributed by atoms with E-state index < -0.39 is 35.2 Å². The van der Waals surface area contributed by atoms with Crippen LogP contribution in [0.15, 0.2) is 45.1 Å². The van der Waals surface area contributed by atoms with Crippen molar-refractivity contribution in [3.63, 3.8) is 0 Å². The molecule has 11 heteroatoms. The van der Waals surface area contributed by atoms with Crippen LogP contribution in [0.1, 0.15) is 10.4 Å². The van der Waals surface area contributed by atoms with Gasteiger partial charge in [-0.15, -0.1) is 0 Å². The Kier molecular flexibility index (Phi) is 5.78. The normalized spacial score (nSPS) is 10.8. The van der Waals surface area contributed by atoms with Crippen LogP contribution in [0.3, 0.4) is 0 Å². The number of thioether (sulfide) groups is 1. The number of Topliss-reactive ketones (excluding diaryl/α,β-unsaturated/α-hetero) is 1. The zero-order valence-electron chi connectivity index (χ0n) is 15.6. The molecule has 0 unspecified atom stereocenters. The van der Waals surface area contributed by atoms with E-state index in [1.165, 1.54) is 14.1 Å². The van der Waals surface area contributed by atoms with Gasteiger partial charge < -0.3 is 10.5 Å². The zero-order chi connectivity index (χ0) is 21.1. The van der Waals surface area contributed by atoms with Gasteiger partial charge in [-0.2, -0.15) is 0 Å². The molecule has 2 aromatic heterocycles. The average molecular weight is 415 g/mol. The van der Waals surface area contributed by atoms with Gasteiger partial charge in [-0.1, -0.05) is 23.9 Å². The highest BCUT2D eigenvalue weighted by Crippen LogP contribution is 2.18. The number of aromatic nitrogens is 4. The minimum Gasteiger partial charge on any atom is -0.457 e. The molecule has 2 N–H and O–H groups in total. The van der Waals surface area contributed by atoms with E-state index in [-0.39, 0.29) is 11.6 Å². The number of rotatable bonds is 6. The van der Waals surface area contributed by atoms with E-state index in [4.69, 9.17) is 10.5 Å². The molecule has 10 nitrogen and oxygen atoms in total. The van der Waals surface area contributed by atoms with Crippen molar-refractivity contribution in [2.75, 3.05) is 18.1 Å². The van der Waals surface area contributed by atoms with Gasteiger partial charge in [-0.05, 0) is 12.1 Å². The van der Waals surface area contributed by atoms with Crippen LogP contribution in [0.2, 0.25) is 0 Å². The average Bonchev–Trinajstić information content (AvgIpc) is 2.73. The Labute approximate surface area is 168 Å². The molecule has 0 radical (unpaired) electrons. The smallest absolute Gasteiger partial charge is 0.332 e. The topological polar surface area (TPSA) is 139 Å². The number of nitrogens with zero attached hydrogens (tertiary/aromatic N) is 4. The van der Waals surface area contributed by atoms with Crippen LogP contribution >= 0.6 is 11.8 Å². The number of hydrogen-bond acceptors (Lipinski definition) is 9. The molecule has 150 valence electrons. The Hall–Kier alpha value is -3.47. The number of ether oxygens (including phenoxy) is 1. The van der Waals surface area contributed by atoms with Gasteiger partial charge in [-0.25, -0.2) is 9.78 Å². The van der Waals surface area contributed by atoms with E-state index in [0.717, 1.165) is 26.4 Å². The van der Waals surface area contributed by atoms with Gasteiger partial charge in [-0.3, -0.25) is 28.5 Å². The third-order valence-corrected chi connectivity index (χ3v) is 4.99. The fourth-order valence-electron chi connectivity index (χ4n) is 2.52. The maximum Gasteiger partial charge on any atom is 0.332 e. The number of fused-ring (bicyclic) bond motifs is 1. The predicted molar refractivity (Wildman–Crippen MR) is 107 cm³/mol. The summed E-state index contributed by atoms with van der Waals surface area (Å²) in [5.74, 6) is -1.83. The van der Waals surface area contributed by atoms with Gasteiger partial charge in [0.15, 0.2) is 6.61 Å². The molecule has 0 bridgehead atoms. The first kappa shape index (κ1) is 20.3. The summed E-state index contributed by atoms with van der Waals surface area (Å²) in [7, 11) is 2.56. The zero-order valence-corrected chi connectivity index (χ0v) is 16.4. The van der Waals surface area contributed by atoms with Crippen molar-refractivity contribution >= 4 is 40.4 Å². The van der Waals surface area contributed by atoms with E-state index in [2.05, 4.69) is 9.97 Å². The largest absolute Gasteiger partial charge is 0.457 e. The number of nitrogen functional groups attached to an aromatic ring is 1. The van der Waals surface area contributed by atoms with Gasteiger partial charge >= 0.3 is 11.7 Å². The first-order valence-electron chi connectivity index (χ1n) is 8.38. The van der Waals surface area contributed by atoms with E-state index in [1.807, 2.05) is 24.3 Å². The van der Waals surface area contributed by atoms with Crippen molar-refractivity contribution in [1.82, 2.24) is 19.1 Å². The lowest BCUT2D eigenvalue weighted by molar-refractivity contribution is -0.139. The molecule has 0 saturated carbocycles. The molecule has 0 fully saturated rings. The number of esters is 1. The van der Waals surface area contributed by atoms with E-state index in [1.54, 1.807) is 6.20 Å². The summed E-state index contributed by atoms with van der Waals surface area (Å²) >= 11 is 1.11. The van der Waals surface area contributed by atoms with Crippen molar-refractivity contribution in [1.29, 1.82) is 0 Å². The molecule has 1 aromatic carbocycles. The van der Waals surface area contributed by atoms with Crippen LogP contribution in [0.4, 0.5) is 5.82 Å². The third-order valence-electron chi connectivity index (χ3n) is 4.12. The van der Waals surface area contributed by atoms with Crippen molar-refractivity contribution in [3.8, 4) is 0 Å². The molecule has 2 heterocycles. The molecule has 0 aliphatic rings. The Morgan fingerprint density at radius 1 is 1.14 bits per heavy atom. The van der Waals surface area contributed by atoms with Crippen LogP contribution < -0.4 is 17.0 Å². The van der Waals surface area contributed by atoms with Crippen LogP contribution in [-0.4, -0.2) is 43.2 Å². The monoisotopic (exact) mass is 415 g/mol. The molecule has 0 atom stereocenters. The fourth-order valence-corrected chi connectivity index (χ4v) is 3.16. The second-order valence-corrected chi connectivity index (χ2v) is 7.03. The summed E-state index contributed by atoms with van der Waals surface area (Å²) in [6.07, 6.45) is 1.54. The minimum absolute atomic E-state index is 0.0962. The Balaban J connectivity index is 1.63. The van der Waals surface area contributed by atoms with Crippen LogP contribution in [0.5, 0.6) is 0 Å². The summed E-state index contributed by atoms with van der Waals surface area (Å²) < 4.78 is 6.68. The summed E-state index contributed by atoms with van der Waals surface area (Å²) in [6.45, 7) is -0.666. The van der Waals surface area contributed by atoms with Crippen molar-refractivity contribution < 1.29 is 14.3 Å². The summed E-state index contributed by atoms with van der Waals surface area (Å²) in [5, 5.41) is 0.531. The highest BCUT2D eigenvalue weighted by atomic mass is 32.2. The van der Waals surface area contributed by atoms with Crippen LogP contribution in [0, 0.1) is 0 Å². The molecular formula is C18H17N5O5S. The maximum absolute atomic E-state index is 12.3. The van der Waals surface area contributed by atoms with Crippen LogP contribution in [0.25, 0.3) is 11.0 Å². The summed E-state index contributed by atoms with van der Waals surface area (Å²) in [4.78, 5) is 56.8. The van der Waals surface area contributed by atoms with Crippen LogP contribution in [-0.2, 0) is 23.6 Å². The second kappa shape index (κ2) is 8.27. The Morgan fingerprint density at radius 2 is 1.83 bits per heavy atom. The van der Waals surface area contributed by atoms with E-state index >= 15 is 0 Å².